The Morgan fingerprint density at radius 1 is 1.11 bits per heavy atom. The first-order valence-corrected chi connectivity index (χ1v) is 9.33. The quantitative estimate of drug-likeness (QED) is 0.653. The van der Waals surface area contributed by atoms with E-state index in [0.717, 1.165) is 11.3 Å². The van der Waals surface area contributed by atoms with Crippen LogP contribution in [0.5, 0.6) is 0 Å². The lowest BCUT2D eigenvalue weighted by Gasteiger charge is -2.33. The van der Waals surface area contributed by atoms with Gasteiger partial charge in [-0.1, -0.05) is 47.5 Å². The highest BCUT2D eigenvalue weighted by molar-refractivity contribution is 6.32. The van der Waals surface area contributed by atoms with Crippen molar-refractivity contribution in [3.8, 4) is 5.69 Å². The third-order valence-corrected chi connectivity index (χ3v) is 5.10. The number of aromatic nitrogens is 2. The molecule has 1 saturated heterocycles. The Bertz CT molecular complexity index is 956. The second kappa shape index (κ2) is 7.72. The number of morpholine rings is 1. The van der Waals surface area contributed by atoms with Gasteiger partial charge in [-0.05, 0) is 29.8 Å². The summed E-state index contributed by atoms with van der Waals surface area (Å²) in [5.74, 6) is -0.0735. The van der Waals surface area contributed by atoms with Gasteiger partial charge in [0.05, 0.1) is 35.6 Å². The van der Waals surface area contributed by atoms with Crippen molar-refractivity contribution in [3.05, 3.63) is 82.1 Å². The van der Waals surface area contributed by atoms with E-state index in [1.807, 2.05) is 42.5 Å². The van der Waals surface area contributed by atoms with Crippen molar-refractivity contribution in [2.45, 2.75) is 6.10 Å². The van der Waals surface area contributed by atoms with Gasteiger partial charge >= 0.3 is 0 Å². The lowest BCUT2D eigenvalue weighted by Crippen LogP contribution is -2.42. The number of carbonyl (C=O) groups excluding carboxylic acids is 1. The fourth-order valence-electron chi connectivity index (χ4n) is 3.10. The molecule has 0 aliphatic carbocycles. The van der Waals surface area contributed by atoms with E-state index in [1.54, 1.807) is 28.0 Å². The Kier molecular flexibility index (Phi) is 5.16. The number of carbonyl (C=O) groups is 1. The molecule has 138 valence electrons. The average Bonchev–Trinajstić information content (AvgIpc) is 3.18. The molecule has 2 aromatic carbocycles. The van der Waals surface area contributed by atoms with Crippen LogP contribution in [0.2, 0.25) is 10.0 Å². The number of benzene rings is 2. The highest BCUT2D eigenvalue weighted by atomic mass is 35.5. The third kappa shape index (κ3) is 3.86. The number of ether oxygens (including phenoxy) is 1. The molecule has 5 nitrogen and oxygen atoms in total. The van der Waals surface area contributed by atoms with Crippen LogP contribution < -0.4 is 0 Å². The Balaban J connectivity index is 1.51. The highest BCUT2D eigenvalue weighted by Gasteiger charge is 2.27. The van der Waals surface area contributed by atoms with E-state index in [-0.39, 0.29) is 12.0 Å². The molecule has 0 spiro atoms. The first-order valence-electron chi connectivity index (χ1n) is 8.58. The van der Waals surface area contributed by atoms with Crippen molar-refractivity contribution >= 4 is 29.1 Å². The van der Waals surface area contributed by atoms with E-state index in [1.165, 1.54) is 0 Å². The molecule has 4 rings (SSSR count). The van der Waals surface area contributed by atoms with Gasteiger partial charge in [0.15, 0.2) is 0 Å². The SMILES string of the molecule is O=C(c1cnn(-c2ccccc2Cl)c1)N1CCOC(c2ccc(Cl)cc2)C1. The van der Waals surface area contributed by atoms with Crippen LogP contribution in [0.15, 0.2) is 60.9 Å². The summed E-state index contributed by atoms with van der Waals surface area (Å²) in [5, 5.41) is 5.54. The number of nitrogens with zero attached hydrogens (tertiary/aromatic N) is 3. The summed E-state index contributed by atoms with van der Waals surface area (Å²) < 4.78 is 7.45. The molecule has 7 heteroatoms. The summed E-state index contributed by atoms with van der Waals surface area (Å²) in [4.78, 5) is 14.7. The molecule has 0 N–H and O–H groups in total. The molecule has 0 saturated carbocycles. The van der Waals surface area contributed by atoms with E-state index in [2.05, 4.69) is 5.10 Å². The maximum absolute atomic E-state index is 12.9. The van der Waals surface area contributed by atoms with Crippen molar-refractivity contribution < 1.29 is 9.53 Å². The summed E-state index contributed by atoms with van der Waals surface area (Å²) in [6, 6.07) is 14.9. The zero-order valence-corrected chi connectivity index (χ0v) is 15.9. The molecular formula is C20H17Cl2N3O2. The van der Waals surface area contributed by atoms with Crippen LogP contribution in [0.3, 0.4) is 0 Å². The lowest BCUT2D eigenvalue weighted by atomic mass is 10.1. The van der Waals surface area contributed by atoms with Gasteiger partial charge in [0.1, 0.15) is 6.10 Å². The largest absolute Gasteiger partial charge is 0.370 e. The summed E-state index contributed by atoms with van der Waals surface area (Å²) in [6.45, 7) is 1.51. The Hall–Kier alpha value is -2.34. The van der Waals surface area contributed by atoms with Crippen molar-refractivity contribution in [2.24, 2.45) is 0 Å². The first-order chi connectivity index (χ1) is 13.1. The molecular weight excluding hydrogens is 385 g/mol. The standard InChI is InChI=1S/C20H17Cl2N3O2/c21-16-7-5-14(6-8-16)19-13-24(9-10-27-19)20(26)15-11-23-25(12-15)18-4-2-1-3-17(18)22/h1-8,11-12,19H,9-10,13H2. The third-order valence-electron chi connectivity index (χ3n) is 4.52. The van der Waals surface area contributed by atoms with Gasteiger partial charge in [-0.3, -0.25) is 4.79 Å². The van der Waals surface area contributed by atoms with Crippen LogP contribution in [0, 0.1) is 0 Å². The topological polar surface area (TPSA) is 47.4 Å². The second-order valence-corrected chi connectivity index (χ2v) is 7.13. The Morgan fingerprint density at radius 3 is 2.67 bits per heavy atom. The second-order valence-electron chi connectivity index (χ2n) is 6.29. The average molecular weight is 402 g/mol. The molecule has 0 bridgehead atoms. The summed E-state index contributed by atoms with van der Waals surface area (Å²) in [6.07, 6.45) is 3.10. The molecule has 1 amide bonds. The molecule has 1 fully saturated rings. The van der Waals surface area contributed by atoms with Gasteiger partial charge in [0.25, 0.3) is 5.91 Å². The van der Waals surface area contributed by atoms with Gasteiger partial charge in [-0.15, -0.1) is 0 Å². The molecule has 2 heterocycles. The first kappa shape index (κ1) is 18.0. The predicted molar refractivity (Wildman–Crippen MR) is 105 cm³/mol. The van der Waals surface area contributed by atoms with Crippen LogP contribution >= 0.6 is 23.2 Å². The maximum atomic E-state index is 12.9. The number of para-hydroxylation sites is 1. The number of halogens is 2. The lowest BCUT2D eigenvalue weighted by molar-refractivity contribution is -0.0228. The van der Waals surface area contributed by atoms with Crippen LogP contribution in [0.4, 0.5) is 0 Å². The van der Waals surface area contributed by atoms with Crippen molar-refractivity contribution in [1.82, 2.24) is 14.7 Å². The number of rotatable bonds is 3. The summed E-state index contributed by atoms with van der Waals surface area (Å²) in [5.41, 5.74) is 2.26. The molecule has 1 aliphatic heterocycles. The van der Waals surface area contributed by atoms with E-state index >= 15 is 0 Å². The fourth-order valence-corrected chi connectivity index (χ4v) is 3.45. The molecule has 1 aliphatic rings. The molecule has 1 atom stereocenters. The van der Waals surface area contributed by atoms with Crippen molar-refractivity contribution in [1.29, 1.82) is 0 Å². The molecule has 27 heavy (non-hydrogen) atoms. The highest BCUT2D eigenvalue weighted by Crippen LogP contribution is 2.25. The van der Waals surface area contributed by atoms with Crippen molar-refractivity contribution in [2.75, 3.05) is 19.7 Å². The van der Waals surface area contributed by atoms with Crippen LogP contribution in [-0.4, -0.2) is 40.3 Å². The molecule has 3 aromatic rings. The van der Waals surface area contributed by atoms with Crippen molar-refractivity contribution in [3.63, 3.8) is 0 Å². The van der Waals surface area contributed by atoms with Crippen LogP contribution in [0.25, 0.3) is 5.69 Å². The minimum atomic E-state index is -0.168. The van der Waals surface area contributed by atoms with E-state index in [0.29, 0.717) is 35.3 Å². The number of amides is 1. The molecule has 1 aromatic heterocycles. The minimum Gasteiger partial charge on any atom is -0.370 e. The monoisotopic (exact) mass is 401 g/mol. The van der Waals surface area contributed by atoms with Crippen LogP contribution in [-0.2, 0) is 4.74 Å². The van der Waals surface area contributed by atoms with E-state index < -0.39 is 0 Å². The Labute approximate surface area is 167 Å². The maximum Gasteiger partial charge on any atom is 0.257 e. The van der Waals surface area contributed by atoms with Gasteiger partial charge in [-0.25, -0.2) is 4.68 Å². The zero-order valence-electron chi connectivity index (χ0n) is 14.4. The summed E-state index contributed by atoms with van der Waals surface area (Å²) >= 11 is 12.2. The molecule has 0 radical (unpaired) electrons. The Morgan fingerprint density at radius 2 is 1.89 bits per heavy atom. The van der Waals surface area contributed by atoms with E-state index in [4.69, 9.17) is 27.9 Å². The predicted octanol–water partition coefficient (Wildman–Crippen LogP) is 4.39. The number of hydrogen-bond donors (Lipinski definition) is 0. The van der Waals surface area contributed by atoms with Gasteiger partial charge in [0, 0.05) is 17.8 Å². The van der Waals surface area contributed by atoms with Gasteiger partial charge < -0.3 is 9.64 Å². The van der Waals surface area contributed by atoms with Crippen LogP contribution in [0.1, 0.15) is 22.0 Å². The summed E-state index contributed by atoms with van der Waals surface area (Å²) in [7, 11) is 0. The fraction of sp³-hybridized carbons (Fsp3) is 0.200. The zero-order chi connectivity index (χ0) is 18.8. The normalized spacial score (nSPS) is 17.1. The molecule has 1 unspecified atom stereocenters. The smallest absolute Gasteiger partial charge is 0.257 e. The number of hydrogen-bond acceptors (Lipinski definition) is 3. The van der Waals surface area contributed by atoms with Gasteiger partial charge in [-0.2, -0.15) is 5.10 Å². The van der Waals surface area contributed by atoms with E-state index in [9.17, 15) is 4.79 Å². The van der Waals surface area contributed by atoms with Gasteiger partial charge in [0.2, 0.25) is 0 Å². The minimum absolute atomic E-state index is 0.0735.